The number of rotatable bonds is 2. The molecule has 2 aromatic carbocycles. The van der Waals surface area contributed by atoms with Gasteiger partial charge in [-0.2, -0.15) is 0 Å². The Balaban J connectivity index is 2.19. The Bertz CT molecular complexity index is 870. The molecule has 1 unspecified atom stereocenters. The van der Waals surface area contributed by atoms with E-state index >= 15 is 0 Å². The first-order valence-corrected chi connectivity index (χ1v) is 8.60. The van der Waals surface area contributed by atoms with Crippen LogP contribution in [-0.2, 0) is 0 Å². The minimum atomic E-state index is -0.228. The number of aromatic amines is 1. The molecule has 108 valence electrons. The zero-order valence-electron chi connectivity index (χ0n) is 11.0. The maximum atomic E-state index is 13.9. The number of aromatic nitrogens is 2. The third-order valence-corrected chi connectivity index (χ3v) is 5.15. The highest BCUT2D eigenvalue weighted by molar-refractivity contribution is 14.1. The van der Waals surface area contributed by atoms with Gasteiger partial charge in [0, 0.05) is 10.5 Å². The first-order valence-electron chi connectivity index (χ1n) is 6.32. The summed E-state index contributed by atoms with van der Waals surface area (Å²) in [5.41, 5.74) is 2.76. The summed E-state index contributed by atoms with van der Waals surface area (Å²) < 4.78 is 18.0. The Morgan fingerprint density at radius 1 is 1.29 bits per heavy atom. The van der Waals surface area contributed by atoms with Crippen LogP contribution in [0.2, 0.25) is 0 Å². The van der Waals surface area contributed by atoms with Gasteiger partial charge in [0.1, 0.15) is 5.82 Å². The van der Waals surface area contributed by atoms with E-state index in [1.807, 2.05) is 51.4 Å². The smallest absolute Gasteiger partial charge is 0.178 e. The minimum absolute atomic E-state index is 0.0267. The monoisotopic (exact) mass is 476 g/mol. The number of halogens is 3. The van der Waals surface area contributed by atoms with E-state index < -0.39 is 0 Å². The molecule has 0 aliphatic rings. The molecule has 0 radical (unpaired) electrons. The fourth-order valence-corrected chi connectivity index (χ4v) is 3.49. The fourth-order valence-electron chi connectivity index (χ4n) is 2.40. The summed E-state index contributed by atoms with van der Waals surface area (Å²) in [6.07, 6.45) is 0. The minimum Gasteiger partial charge on any atom is -0.331 e. The Hall–Kier alpha value is -0.730. The number of benzene rings is 2. The maximum Gasteiger partial charge on any atom is 0.178 e. The quantitative estimate of drug-likeness (QED) is 0.365. The van der Waals surface area contributed by atoms with Crippen LogP contribution in [-0.4, -0.2) is 9.55 Å². The molecular weight excluding hydrogens is 466 g/mol. The van der Waals surface area contributed by atoms with Crippen molar-refractivity contribution in [1.82, 2.24) is 9.55 Å². The molecule has 0 aliphatic carbocycles. The van der Waals surface area contributed by atoms with Gasteiger partial charge in [0.2, 0.25) is 0 Å². The molecule has 21 heavy (non-hydrogen) atoms. The van der Waals surface area contributed by atoms with E-state index in [0.717, 1.165) is 21.1 Å². The van der Waals surface area contributed by atoms with Crippen LogP contribution in [0.5, 0.6) is 0 Å². The number of H-pyrrole nitrogens is 1. The van der Waals surface area contributed by atoms with Gasteiger partial charge in [-0.05, 0) is 65.5 Å². The molecule has 0 fully saturated rings. The van der Waals surface area contributed by atoms with Crippen LogP contribution < -0.4 is 0 Å². The summed E-state index contributed by atoms with van der Waals surface area (Å²) in [5.74, 6) is -0.228. The van der Waals surface area contributed by atoms with Gasteiger partial charge in [0.25, 0.3) is 0 Å². The number of hydrogen-bond acceptors (Lipinski definition) is 1. The number of hydrogen-bond donors (Lipinski definition) is 1. The standard InChI is InChI=1S/C15H11BrFIN2S/c1-8(9-2-4-10(16)5-3-9)20-14-6-11(17)12(18)7-13(14)19-15(20)21/h2-8H,1H3,(H,19,21). The van der Waals surface area contributed by atoms with Crippen LogP contribution in [0.1, 0.15) is 18.5 Å². The second-order valence-electron chi connectivity index (χ2n) is 4.81. The summed E-state index contributed by atoms with van der Waals surface area (Å²) in [6, 6.07) is 11.4. The molecule has 1 heterocycles. The summed E-state index contributed by atoms with van der Waals surface area (Å²) in [7, 11) is 0. The van der Waals surface area contributed by atoms with E-state index in [1.165, 1.54) is 0 Å². The third kappa shape index (κ3) is 2.80. The second-order valence-corrected chi connectivity index (χ2v) is 7.28. The van der Waals surface area contributed by atoms with Gasteiger partial charge in [-0.3, -0.25) is 0 Å². The summed E-state index contributed by atoms with van der Waals surface area (Å²) >= 11 is 10.8. The molecule has 2 nitrogen and oxygen atoms in total. The predicted octanol–water partition coefficient (Wildman–Crippen LogP) is 5.81. The van der Waals surface area contributed by atoms with Crippen molar-refractivity contribution < 1.29 is 4.39 Å². The lowest BCUT2D eigenvalue weighted by molar-refractivity contribution is 0.616. The van der Waals surface area contributed by atoms with Crippen molar-refractivity contribution in [2.75, 3.05) is 0 Å². The summed E-state index contributed by atoms with van der Waals surface area (Å²) in [5, 5.41) is 0. The highest BCUT2D eigenvalue weighted by Crippen LogP contribution is 2.27. The van der Waals surface area contributed by atoms with Crippen LogP contribution in [0.25, 0.3) is 11.0 Å². The fraction of sp³-hybridized carbons (Fsp3) is 0.133. The van der Waals surface area contributed by atoms with Gasteiger partial charge in [-0.15, -0.1) is 0 Å². The molecule has 0 amide bonds. The van der Waals surface area contributed by atoms with Crippen molar-refractivity contribution in [1.29, 1.82) is 0 Å². The van der Waals surface area contributed by atoms with Crippen LogP contribution in [0.4, 0.5) is 4.39 Å². The van der Waals surface area contributed by atoms with E-state index in [-0.39, 0.29) is 11.9 Å². The summed E-state index contributed by atoms with van der Waals surface area (Å²) in [4.78, 5) is 3.15. The number of fused-ring (bicyclic) bond motifs is 1. The van der Waals surface area contributed by atoms with Crippen LogP contribution in [0.3, 0.4) is 0 Å². The highest BCUT2D eigenvalue weighted by atomic mass is 127. The lowest BCUT2D eigenvalue weighted by Gasteiger charge is -2.15. The Kier molecular flexibility index (Phi) is 4.20. The molecule has 0 spiro atoms. The van der Waals surface area contributed by atoms with E-state index in [2.05, 4.69) is 27.8 Å². The highest BCUT2D eigenvalue weighted by Gasteiger charge is 2.15. The van der Waals surface area contributed by atoms with Crippen molar-refractivity contribution in [3.8, 4) is 0 Å². The van der Waals surface area contributed by atoms with Crippen LogP contribution >= 0.6 is 50.7 Å². The molecular formula is C15H11BrFIN2S. The number of nitrogens with one attached hydrogen (secondary N) is 1. The van der Waals surface area contributed by atoms with Crippen molar-refractivity contribution in [2.24, 2.45) is 0 Å². The lowest BCUT2D eigenvalue weighted by Crippen LogP contribution is -2.06. The first kappa shape index (κ1) is 15.2. The van der Waals surface area contributed by atoms with Crippen molar-refractivity contribution >= 4 is 61.8 Å². The Labute approximate surface area is 148 Å². The predicted molar refractivity (Wildman–Crippen MR) is 97.8 cm³/mol. The maximum absolute atomic E-state index is 13.9. The van der Waals surface area contributed by atoms with E-state index in [1.54, 1.807) is 12.1 Å². The molecule has 6 heteroatoms. The van der Waals surface area contributed by atoms with Gasteiger partial charge < -0.3 is 9.55 Å². The normalized spacial score (nSPS) is 12.8. The number of imidazole rings is 1. The first-order chi connectivity index (χ1) is 9.97. The molecule has 1 atom stereocenters. The number of nitrogens with zero attached hydrogens (tertiary/aromatic N) is 1. The second kappa shape index (κ2) is 5.81. The molecule has 3 rings (SSSR count). The van der Waals surface area contributed by atoms with Gasteiger partial charge in [0.15, 0.2) is 4.77 Å². The topological polar surface area (TPSA) is 20.7 Å². The SMILES string of the molecule is CC(c1ccc(Br)cc1)n1c(=S)[nH]c2cc(I)c(F)cc21. The molecule has 1 aromatic heterocycles. The molecule has 0 bridgehead atoms. The van der Waals surface area contributed by atoms with Gasteiger partial charge in [-0.25, -0.2) is 4.39 Å². The zero-order valence-corrected chi connectivity index (χ0v) is 15.6. The van der Waals surface area contributed by atoms with Crippen molar-refractivity contribution in [3.05, 3.63) is 60.6 Å². The van der Waals surface area contributed by atoms with E-state index in [4.69, 9.17) is 12.2 Å². The average molecular weight is 477 g/mol. The van der Waals surface area contributed by atoms with Crippen molar-refractivity contribution in [3.63, 3.8) is 0 Å². The molecule has 0 aliphatic heterocycles. The van der Waals surface area contributed by atoms with Crippen molar-refractivity contribution in [2.45, 2.75) is 13.0 Å². The summed E-state index contributed by atoms with van der Waals surface area (Å²) in [6.45, 7) is 2.06. The van der Waals surface area contributed by atoms with Gasteiger partial charge in [0.05, 0.1) is 20.6 Å². The Morgan fingerprint density at radius 2 is 1.95 bits per heavy atom. The molecule has 3 aromatic rings. The van der Waals surface area contributed by atoms with E-state index in [0.29, 0.717) is 8.34 Å². The lowest BCUT2D eigenvalue weighted by atomic mass is 10.1. The molecule has 0 saturated heterocycles. The van der Waals surface area contributed by atoms with Crippen LogP contribution in [0.15, 0.2) is 40.9 Å². The Morgan fingerprint density at radius 3 is 2.62 bits per heavy atom. The van der Waals surface area contributed by atoms with Crippen LogP contribution in [0, 0.1) is 14.2 Å². The zero-order chi connectivity index (χ0) is 15.1. The third-order valence-electron chi connectivity index (χ3n) is 3.50. The molecule has 0 saturated carbocycles. The largest absolute Gasteiger partial charge is 0.331 e. The van der Waals surface area contributed by atoms with Gasteiger partial charge in [-0.1, -0.05) is 28.1 Å². The van der Waals surface area contributed by atoms with E-state index in [9.17, 15) is 4.39 Å². The van der Waals surface area contributed by atoms with Gasteiger partial charge >= 0.3 is 0 Å². The molecule has 1 N–H and O–H groups in total. The average Bonchev–Trinajstić information content (AvgIpc) is 2.75.